The van der Waals surface area contributed by atoms with Crippen LogP contribution in [0.15, 0.2) is 102 Å². The number of thiophene rings is 1. The first-order valence-electron chi connectivity index (χ1n) is 11.4. The molecule has 6 heteroatoms. The molecule has 0 saturated heterocycles. The van der Waals surface area contributed by atoms with Crippen molar-refractivity contribution in [1.29, 1.82) is 0 Å². The van der Waals surface area contributed by atoms with Crippen LogP contribution >= 0.6 is 23.1 Å². The molecule has 4 nitrogen and oxygen atoms in total. The fraction of sp³-hybridized carbons (Fsp3) is 0.138. The highest BCUT2D eigenvalue weighted by Gasteiger charge is 2.27. The van der Waals surface area contributed by atoms with Gasteiger partial charge in [-0.3, -0.25) is 9.36 Å². The van der Waals surface area contributed by atoms with E-state index in [1.807, 2.05) is 73.0 Å². The Morgan fingerprint density at radius 3 is 2.20 bits per heavy atom. The number of thioether (sulfide) groups is 1. The summed E-state index contributed by atoms with van der Waals surface area (Å²) in [7, 11) is 0. The Bertz CT molecular complexity index is 1410. The first-order valence-corrected chi connectivity index (χ1v) is 13.2. The second-order valence-corrected chi connectivity index (χ2v) is 10.5. The van der Waals surface area contributed by atoms with Gasteiger partial charge in [0.1, 0.15) is 5.25 Å². The molecule has 1 unspecified atom stereocenters. The monoisotopic (exact) mass is 495 g/mol. The van der Waals surface area contributed by atoms with Gasteiger partial charge in [-0.1, -0.05) is 108 Å². The lowest BCUT2D eigenvalue weighted by atomic mass is 10.0. The minimum Gasteiger partial charge on any atom is -0.297 e. The van der Waals surface area contributed by atoms with Crippen LogP contribution in [0.2, 0.25) is 0 Å². The first-order chi connectivity index (χ1) is 17.1. The van der Waals surface area contributed by atoms with Crippen LogP contribution in [0.1, 0.15) is 37.9 Å². The molecule has 5 aromatic rings. The van der Waals surface area contributed by atoms with Crippen LogP contribution in [-0.4, -0.2) is 20.5 Å². The Balaban J connectivity index is 1.56. The van der Waals surface area contributed by atoms with E-state index in [1.165, 1.54) is 11.8 Å². The maximum absolute atomic E-state index is 13.8. The van der Waals surface area contributed by atoms with E-state index >= 15 is 0 Å². The van der Waals surface area contributed by atoms with E-state index in [2.05, 4.69) is 52.0 Å². The van der Waals surface area contributed by atoms with Gasteiger partial charge in [-0.15, -0.1) is 21.5 Å². The van der Waals surface area contributed by atoms with E-state index in [9.17, 15) is 4.79 Å². The SMILES string of the molecule is Cc1ccc(C(=O)C(Sc2nnc(-c3cccs3)n2Cc2ccccc2)c2ccc(C)cc2)cc1. The van der Waals surface area contributed by atoms with Crippen molar-refractivity contribution < 1.29 is 4.79 Å². The topological polar surface area (TPSA) is 47.8 Å². The summed E-state index contributed by atoms with van der Waals surface area (Å²) in [6.45, 7) is 4.71. The summed E-state index contributed by atoms with van der Waals surface area (Å²) in [5.41, 5.74) is 5.10. The van der Waals surface area contributed by atoms with E-state index in [4.69, 9.17) is 0 Å². The number of carbonyl (C=O) groups excluding carboxylic acids is 1. The Hall–Kier alpha value is -3.48. The van der Waals surface area contributed by atoms with Crippen LogP contribution in [0, 0.1) is 13.8 Å². The third-order valence-corrected chi connectivity index (χ3v) is 7.92. The second-order valence-electron chi connectivity index (χ2n) is 8.49. The molecule has 0 aliphatic rings. The predicted octanol–water partition coefficient (Wildman–Crippen LogP) is 7.39. The van der Waals surface area contributed by atoms with Crippen LogP contribution in [0.5, 0.6) is 0 Å². The quantitative estimate of drug-likeness (QED) is 0.166. The summed E-state index contributed by atoms with van der Waals surface area (Å²) in [6, 6.07) is 30.3. The van der Waals surface area contributed by atoms with Gasteiger partial charge in [-0.25, -0.2) is 0 Å². The largest absolute Gasteiger partial charge is 0.297 e. The van der Waals surface area contributed by atoms with Crippen molar-refractivity contribution in [3.8, 4) is 10.7 Å². The van der Waals surface area contributed by atoms with Gasteiger partial charge >= 0.3 is 0 Å². The van der Waals surface area contributed by atoms with E-state index in [-0.39, 0.29) is 5.78 Å². The van der Waals surface area contributed by atoms with Gasteiger partial charge in [0.2, 0.25) is 0 Å². The Morgan fingerprint density at radius 2 is 1.54 bits per heavy atom. The fourth-order valence-corrected chi connectivity index (χ4v) is 5.69. The van der Waals surface area contributed by atoms with Crippen molar-refractivity contribution in [2.75, 3.05) is 0 Å². The number of Topliss-reactive ketones (excluding diaryl/α,β-unsaturated/α-hetero) is 1. The van der Waals surface area contributed by atoms with E-state index in [0.29, 0.717) is 12.1 Å². The second kappa shape index (κ2) is 10.4. The molecule has 1 atom stereocenters. The van der Waals surface area contributed by atoms with Crippen molar-refractivity contribution in [3.05, 3.63) is 124 Å². The average Bonchev–Trinajstić information content (AvgIpc) is 3.54. The number of rotatable bonds is 8. The van der Waals surface area contributed by atoms with Gasteiger partial charge in [-0.2, -0.15) is 0 Å². The van der Waals surface area contributed by atoms with Crippen LogP contribution in [-0.2, 0) is 6.54 Å². The average molecular weight is 496 g/mol. The third-order valence-electron chi connectivity index (χ3n) is 5.82. The molecule has 5 rings (SSSR count). The molecule has 35 heavy (non-hydrogen) atoms. The van der Waals surface area contributed by atoms with Gasteiger partial charge in [0.15, 0.2) is 16.8 Å². The highest BCUT2D eigenvalue weighted by Crippen LogP contribution is 2.39. The minimum absolute atomic E-state index is 0.0609. The standard InChI is InChI=1S/C29H25N3OS2/c1-20-10-14-23(15-11-20)26(33)27(24-16-12-21(2)13-17-24)35-29-31-30-28(25-9-6-18-34-25)32(29)19-22-7-4-3-5-8-22/h3-18,27H,19H2,1-2H3. The molecule has 0 bridgehead atoms. The molecule has 0 radical (unpaired) electrons. The lowest BCUT2D eigenvalue weighted by molar-refractivity contribution is 0.0989. The number of benzene rings is 3. The molecule has 2 aromatic heterocycles. The highest BCUT2D eigenvalue weighted by atomic mass is 32.2. The first kappa shape index (κ1) is 23.3. The predicted molar refractivity (Wildman–Crippen MR) is 144 cm³/mol. The van der Waals surface area contributed by atoms with E-state index in [1.54, 1.807) is 11.3 Å². The van der Waals surface area contributed by atoms with Crippen LogP contribution in [0.4, 0.5) is 0 Å². The fourth-order valence-electron chi connectivity index (χ4n) is 3.86. The highest BCUT2D eigenvalue weighted by molar-refractivity contribution is 8.00. The van der Waals surface area contributed by atoms with Gasteiger partial charge in [0.25, 0.3) is 0 Å². The lowest BCUT2D eigenvalue weighted by Gasteiger charge is -2.17. The van der Waals surface area contributed by atoms with Crippen LogP contribution < -0.4 is 0 Å². The van der Waals surface area contributed by atoms with Gasteiger partial charge in [0.05, 0.1) is 11.4 Å². The van der Waals surface area contributed by atoms with Gasteiger partial charge in [-0.05, 0) is 36.4 Å². The lowest BCUT2D eigenvalue weighted by Crippen LogP contribution is -2.12. The number of aryl methyl sites for hydroxylation is 2. The number of aromatic nitrogens is 3. The molecule has 0 aliphatic carbocycles. The maximum atomic E-state index is 13.8. The zero-order valence-electron chi connectivity index (χ0n) is 19.6. The molecular weight excluding hydrogens is 470 g/mol. The molecule has 3 aromatic carbocycles. The summed E-state index contributed by atoms with van der Waals surface area (Å²) in [4.78, 5) is 14.8. The van der Waals surface area contributed by atoms with Crippen molar-refractivity contribution in [2.24, 2.45) is 0 Å². The summed E-state index contributed by atoms with van der Waals surface area (Å²) >= 11 is 3.10. The molecule has 2 heterocycles. The Morgan fingerprint density at radius 1 is 0.857 bits per heavy atom. The van der Waals surface area contributed by atoms with Crippen molar-refractivity contribution >= 4 is 28.9 Å². The molecule has 0 saturated carbocycles. The van der Waals surface area contributed by atoms with Crippen molar-refractivity contribution in [1.82, 2.24) is 14.8 Å². The molecular formula is C29H25N3OS2. The van der Waals surface area contributed by atoms with Gasteiger partial charge in [0, 0.05) is 5.56 Å². The molecule has 174 valence electrons. The van der Waals surface area contributed by atoms with E-state index < -0.39 is 5.25 Å². The number of carbonyl (C=O) groups is 1. The maximum Gasteiger partial charge on any atom is 0.192 e. The molecule has 0 aliphatic heterocycles. The smallest absolute Gasteiger partial charge is 0.192 e. The third kappa shape index (κ3) is 5.29. The Kier molecular flexibility index (Phi) is 6.93. The Labute approximate surface area is 213 Å². The molecule has 0 N–H and O–H groups in total. The van der Waals surface area contributed by atoms with Crippen LogP contribution in [0.25, 0.3) is 10.7 Å². The number of hydrogen-bond donors (Lipinski definition) is 0. The van der Waals surface area contributed by atoms with E-state index in [0.717, 1.165) is 38.1 Å². The molecule has 0 amide bonds. The summed E-state index contributed by atoms with van der Waals surface area (Å²) in [6.07, 6.45) is 0. The molecule has 0 fully saturated rings. The van der Waals surface area contributed by atoms with Crippen LogP contribution in [0.3, 0.4) is 0 Å². The van der Waals surface area contributed by atoms with Gasteiger partial charge < -0.3 is 0 Å². The summed E-state index contributed by atoms with van der Waals surface area (Å²) in [5.74, 6) is 0.877. The van der Waals surface area contributed by atoms with Crippen molar-refractivity contribution in [3.63, 3.8) is 0 Å². The van der Waals surface area contributed by atoms with Crippen molar-refractivity contribution in [2.45, 2.75) is 30.8 Å². The molecule has 0 spiro atoms. The summed E-state index contributed by atoms with van der Waals surface area (Å²) < 4.78 is 2.12. The number of nitrogens with zero attached hydrogens (tertiary/aromatic N) is 3. The zero-order chi connectivity index (χ0) is 24.2. The zero-order valence-corrected chi connectivity index (χ0v) is 21.2. The minimum atomic E-state index is -0.437. The number of ketones is 1. The normalized spacial score (nSPS) is 11.9. The number of hydrogen-bond acceptors (Lipinski definition) is 5. The summed E-state index contributed by atoms with van der Waals surface area (Å²) in [5, 5.41) is 11.5.